The molecule has 1 atom stereocenters. The Labute approximate surface area is 134 Å². The predicted molar refractivity (Wildman–Crippen MR) is 85.9 cm³/mol. The Morgan fingerprint density at radius 1 is 1.41 bits per heavy atom. The number of nitrogens with zero attached hydrogens (tertiary/aromatic N) is 2. The number of aryl methyl sites for hydroxylation is 1. The Kier molecular flexibility index (Phi) is 5.60. The van der Waals surface area contributed by atoms with Crippen LogP contribution in [0.25, 0.3) is 0 Å². The van der Waals surface area contributed by atoms with Gasteiger partial charge in [0.05, 0.1) is 5.25 Å². The van der Waals surface area contributed by atoms with E-state index in [1.54, 1.807) is 24.4 Å². The lowest BCUT2D eigenvalue weighted by molar-refractivity contribution is -0.121. The quantitative estimate of drug-likeness (QED) is 0.832. The predicted octanol–water partition coefficient (Wildman–Crippen LogP) is 2.99. The highest BCUT2D eigenvalue weighted by Crippen LogP contribution is 2.26. The highest BCUT2D eigenvalue weighted by atomic mass is 32.2. The zero-order valence-electron chi connectivity index (χ0n) is 12.9. The van der Waals surface area contributed by atoms with Crippen molar-refractivity contribution in [2.45, 2.75) is 30.8 Å². The first-order valence-electron chi connectivity index (χ1n) is 7.14. The van der Waals surface area contributed by atoms with Crippen LogP contribution in [0.4, 0.5) is 4.39 Å². The summed E-state index contributed by atoms with van der Waals surface area (Å²) in [5.74, 6) is -0.269. The largest absolute Gasteiger partial charge is 0.351 e. The highest BCUT2D eigenvalue weighted by Gasteiger charge is 2.25. The molecule has 1 heterocycles. The van der Waals surface area contributed by atoms with Crippen LogP contribution < -0.4 is 5.32 Å². The Hall–Kier alpha value is -1.82. The van der Waals surface area contributed by atoms with Crippen molar-refractivity contribution in [2.24, 2.45) is 13.0 Å². The number of hydrogen-bond donors (Lipinski definition) is 1. The van der Waals surface area contributed by atoms with Crippen LogP contribution in [0.15, 0.2) is 41.8 Å². The van der Waals surface area contributed by atoms with Gasteiger partial charge in [0.15, 0.2) is 5.16 Å². The van der Waals surface area contributed by atoms with Gasteiger partial charge in [-0.2, -0.15) is 0 Å². The van der Waals surface area contributed by atoms with Crippen molar-refractivity contribution in [3.8, 4) is 0 Å². The van der Waals surface area contributed by atoms with E-state index < -0.39 is 0 Å². The third kappa shape index (κ3) is 4.10. The summed E-state index contributed by atoms with van der Waals surface area (Å²) in [5.41, 5.74) is 0.486. The molecule has 0 radical (unpaired) electrons. The lowest BCUT2D eigenvalue weighted by Crippen LogP contribution is -2.35. The molecule has 1 aromatic carbocycles. The number of carbonyl (C=O) groups excluding carboxylic acids is 1. The molecule has 1 N–H and O–H groups in total. The number of imidazole rings is 1. The molecule has 118 valence electrons. The average molecular weight is 321 g/mol. The van der Waals surface area contributed by atoms with Gasteiger partial charge in [-0.05, 0) is 12.0 Å². The molecule has 1 amide bonds. The molecular weight excluding hydrogens is 301 g/mol. The summed E-state index contributed by atoms with van der Waals surface area (Å²) in [4.78, 5) is 16.7. The fourth-order valence-corrected chi connectivity index (χ4v) is 3.03. The molecule has 0 spiro atoms. The number of aromatic nitrogens is 2. The second-order valence-corrected chi connectivity index (χ2v) is 6.52. The second-order valence-electron chi connectivity index (χ2n) is 5.41. The van der Waals surface area contributed by atoms with Crippen LogP contribution in [-0.2, 0) is 18.4 Å². The highest BCUT2D eigenvalue weighted by molar-refractivity contribution is 8.00. The van der Waals surface area contributed by atoms with Crippen LogP contribution in [0.5, 0.6) is 0 Å². The van der Waals surface area contributed by atoms with Crippen molar-refractivity contribution < 1.29 is 9.18 Å². The molecule has 0 unspecified atom stereocenters. The molecule has 0 bridgehead atoms. The third-order valence-corrected chi connectivity index (χ3v) is 4.90. The normalized spacial score (nSPS) is 12.4. The van der Waals surface area contributed by atoms with Crippen molar-refractivity contribution >= 4 is 17.7 Å². The van der Waals surface area contributed by atoms with Crippen LogP contribution in [-0.4, -0.2) is 20.7 Å². The van der Waals surface area contributed by atoms with Gasteiger partial charge in [0.2, 0.25) is 5.91 Å². The van der Waals surface area contributed by atoms with E-state index in [9.17, 15) is 9.18 Å². The average Bonchev–Trinajstić information content (AvgIpc) is 2.88. The van der Waals surface area contributed by atoms with Crippen LogP contribution in [0.2, 0.25) is 0 Å². The van der Waals surface area contributed by atoms with Crippen LogP contribution in [0.1, 0.15) is 19.4 Å². The van der Waals surface area contributed by atoms with Gasteiger partial charge in [-0.3, -0.25) is 4.79 Å². The Bertz CT molecular complexity index is 642. The van der Waals surface area contributed by atoms with Gasteiger partial charge >= 0.3 is 0 Å². The van der Waals surface area contributed by atoms with Crippen LogP contribution in [0, 0.1) is 11.7 Å². The van der Waals surface area contributed by atoms with E-state index in [-0.39, 0.29) is 29.4 Å². The molecule has 0 aliphatic heterocycles. The van der Waals surface area contributed by atoms with Crippen molar-refractivity contribution in [1.82, 2.24) is 14.9 Å². The molecule has 1 aromatic heterocycles. The molecular formula is C16H20FN3OS. The van der Waals surface area contributed by atoms with E-state index in [4.69, 9.17) is 0 Å². The number of halogens is 1. The standard InChI is InChI=1S/C16H20FN3OS/c1-11(2)14(22-16-18-8-9-20(16)3)15(21)19-10-12-6-4-5-7-13(12)17/h4-9,11,14H,10H2,1-3H3,(H,19,21)/t14-/m0/s1. The minimum absolute atomic E-state index is 0.105. The molecule has 2 rings (SSSR count). The smallest absolute Gasteiger partial charge is 0.234 e. The summed E-state index contributed by atoms with van der Waals surface area (Å²) in [7, 11) is 1.89. The maximum atomic E-state index is 13.6. The van der Waals surface area contributed by atoms with E-state index in [1.165, 1.54) is 17.8 Å². The van der Waals surface area contributed by atoms with Gasteiger partial charge in [-0.25, -0.2) is 9.37 Å². The minimum atomic E-state index is -0.305. The van der Waals surface area contributed by atoms with Gasteiger partial charge in [0.25, 0.3) is 0 Å². The van der Waals surface area contributed by atoms with Crippen LogP contribution in [0.3, 0.4) is 0 Å². The number of nitrogens with one attached hydrogen (secondary N) is 1. The molecule has 22 heavy (non-hydrogen) atoms. The number of carbonyl (C=O) groups is 1. The number of benzene rings is 1. The maximum Gasteiger partial charge on any atom is 0.234 e. The Balaban J connectivity index is 2.01. The van der Waals surface area contributed by atoms with Gasteiger partial charge in [0.1, 0.15) is 5.82 Å². The first-order valence-corrected chi connectivity index (χ1v) is 8.02. The third-order valence-electron chi connectivity index (χ3n) is 3.28. The number of hydrogen-bond acceptors (Lipinski definition) is 3. The lowest BCUT2D eigenvalue weighted by atomic mass is 10.1. The number of rotatable bonds is 6. The number of thioether (sulfide) groups is 1. The van der Waals surface area contributed by atoms with Crippen molar-refractivity contribution in [2.75, 3.05) is 0 Å². The first-order chi connectivity index (χ1) is 10.5. The van der Waals surface area contributed by atoms with Crippen molar-refractivity contribution in [3.63, 3.8) is 0 Å². The zero-order chi connectivity index (χ0) is 16.1. The summed E-state index contributed by atoms with van der Waals surface area (Å²) in [6.45, 7) is 4.17. The summed E-state index contributed by atoms with van der Waals surface area (Å²) < 4.78 is 15.5. The van der Waals surface area contributed by atoms with Crippen LogP contribution >= 0.6 is 11.8 Å². The van der Waals surface area contributed by atoms with Gasteiger partial charge in [0, 0.05) is 31.5 Å². The zero-order valence-corrected chi connectivity index (χ0v) is 13.7. The topological polar surface area (TPSA) is 46.9 Å². The van der Waals surface area contributed by atoms with Crippen molar-refractivity contribution in [1.29, 1.82) is 0 Å². The van der Waals surface area contributed by atoms with E-state index in [0.29, 0.717) is 5.56 Å². The fourth-order valence-electron chi connectivity index (χ4n) is 2.00. The van der Waals surface area contributed by atoms with E-state index in [2.05, 4.69) is 10.3 Å². The Morgan fingerprint density at radius 2 is 2.14 bits per heavy atom. The molecule has 0 saturated heterocycles. The molecule has 0 aliphatic rings. The number of amides is 1. The van der Waals surface area contributed by atoms with Gasteiger partial charge < -0.3 is 9.88 Å². The second kappa shape index (κ2) is 7.45. The van der Waals surface area contributed by atoms with Gasteiger partial charge in [-0.15, -0.1) is 0 Å². The Morgan fingerprint density at radius 3 is 2.73 bits per heavy atom. The van der Waals surface area contributed by atoms with Gasteiger partial charge in [-0.1, -0.05) is 43.8 Å². The van der Waals surface area contributed by atoms with Crippen molar-refractivity contribution in [3.05, 3.63) is 48.0 Å². The summed E-state index contributed by atoms with van der Waals surface area (Å²) in [6, 6.07) is 6.46. The minimum Gasteiger partial charge on any atom is -0.351 e. The van der Waals surface area contributed by atoms with E-state index in [1.807, 2.05) is 31.7 Å². The lowest BCUT2D eigenvalue weighted by Gasteiger charge is -2.19. The molecule has 6 heteroatoms. The monoisotopic (exact) mass is 321 g/mol. The van der Waals surface area contributed by atoms with E-state index >= 15 is 0 Å². The molecule has 0 fully saturated rings. The SMILES string of the molecule is CC(C)[C@H](Sc1nccn1C)C(=O)NCc1ccccc1F. The fraction of sp³-hybridized carbons (Fsp3) is 0.375. The molecule has 4 nitrogen and oxygen atoms in total. The molecule has 2 aromatic rings. The molecule has 0 saturated carbocycles. The maximum absolute atomic E-state index is 13.6. The molecule has 0 aliphatic carbocycles. The summed E-state index contributed by atoms with van der Waals surface area (Å²) >= 11 is 1.42. The summed E-state index contributed by atoms with van der Waals surface area (Å²) in [5, 5.41) is 3.34. The first kappa shape index (κ1) is 16.5. The summed E-state index contributed by atoms with van der Waals surface area (Å²) in [6.07, 6.45) is 3.55. The van der Waals surface area contributed by atoms with E-state index in [0.717, 1.165) is 5.16 Å².